The number of hydrogen-bond donors (Lipinski definition) is 2. The maximum Gasteiger partial charge on any atom is 0.234 e. The minimum absolute atomic E-state index is 0.154. The molecule has 0 unspecified atom stereocenters. The lowest BCUT2D eigenvalue weighted by molar-refractivity contribution is -0.113. The van der Waals surface area contributed by atoms with Crippen LogP contribution < -0.4 is 15.9 Å². The summed E-state index contributed by atoms with van der Waals surface area (Å²) in [4.78, 5) is 12.3. The molecule has 0 radical (unpaired) electrons. The number of benzene rings is 2. The third-order valence-electron chi connectivity index (χ3n) is 3.66. The molecule has 0 aliphatic carbocycles. The maximum absolute atomic E-state index is 12.3. The number of carbonyl (C=O) groups excluding carboxylic acids is 1. The Labute approximate surface area is 155 Å². The Morgan fingerprint density at radius 1 is 1.23 bits per heavy atom. The number of carbonyl (C=O) groups is 1. The molecule has 3 aromatic rings. The van der Waals surface area contributed by atoms with Crippen molar-refractivity contribution in [1.29, 1.82) is 0 Å². The molecule has 3 N–H and O–H groups in total. The van der Waals surface area contributed by atoms with Gasteiger partial charge in [0.05, 0.1) is 18.6 Å². The van der Waals surface area contributed by atoms with Gasteiger partial charge in [0.1, 0.15) is 5.75 Å². The van der Waals surface area contributed by atoms with Crippen molar-refractivity contribution in [3.63, 3.8) is 0 Å². The number of thioether (sulfide) groups is 1. The first-order valence-electron chi connectivity index (χ1n) is 7.91. The lowest BCUT2D eigenvalue weighted by atomic mass is 10.2. The molecule has 0 spiro atoms. The Hall–Kier alpha value is -3.00. The number of anilines is 1. The van der Waals surface area contributed by atoms with E-state index >= 15 is 0 Å². The third-order valence-corrected chi connectivity index (χ3v) is 4.60. The number of amides is 1. The first-order chi connectivity index (χ1) is 12.6. The fraction of sp³-hybridized carbons (Fsp3) is 0.167. The molecular weight excluding hydrogens is 350 g/mol. The summed E-state index contributed by atoms with van der Waals surface area (Å²) in [6.07, 6.45) is 0. The summed E-state index contributed by atoms with van der Waals surface area (Å²) in [6.45, 7) is 1.95. The van der Waals surface area contributed by atoms with Crippen LogP contribution in [0, 0.1) is 6.92 Å². The number of aryl methyl sites for hydroxylation is 1. The number of methoxy groups -OCH3 is 1. The molecule has 2 aromatic carbocycles. The predicted octanol–water partition coefficient (Wildman–Crippen LogP) is 2.71. The number of nitrogen functional groups attached to an aromatic ring is 1. The number of nitrogens with one attached hydrogen (secondary N) is 1. The first kappa shape index (κ1) is 17.8. The summed E-state index contributed by atoms with van der Waals surface area (Å²) in [7, 11) is 1.57. The van der Waals surface area contributed by atoms with Crippen LogP contribution in [-0.4, -0.2) is 33.6 Å². The van der Waals surface area contributed by atoms with Gasteiger partial charge >= 0.3 is 0 Å². The van der Waals surface area contributed by atoms with Crippen LogP contribution in [-0.2, 0) is 4.79 Å². The topological polar surface area (TPSA) is 95.1 Å². The summed E-state index contributed by atoms with van der Waals surface area (Å²) in [5.41, 5.74) is 2.53. The molecular formula is C18H19N5O2S. The minimum atomic E-state index is -0.178. The Bertz CT molecular complexity index is 911. The van der Waals surface area contributed by atoms with Crippen molar-refractivity contribution >= 4 is 23.4 Å². The van der Waals surface area contributed by atoms with Gasteiger partial charge < -0.3 is 15.9 Å². The lowest BCUT2D eigenvalue weighted by Gasteiger charge is -2.10. The van der Waals surface area contributed by atoms with E-state index in [9.17, 15) is 4.79 Å². The molecule has 3 rings (SSSR count). The zero-order valence-corrected chi connectivity index (χ0v) is 15.3. The fourth-order valence-electron chi connectivity index (χ4n) is 2.40. The Morgan fingerprint density at radius 3 is 2.73 bits per heavy atom. The van der Waals surface area contributed by atoms with E-state index in [2.05, 4.69) is 15.5 Å². The quantitative estimate of drug-likeness (QED) is 0.512. The molecule has 26 heavy (non-hydrogen) atoms. The highest BCUT2D eigenvalue weighted by Crippen LogP contribution is 2.26. The van der Waals surface area contributed by atoms with Crippen molar-refractivity contribution in [2.75, 3.05) is 24.0 Å². The van der Waals surface area contributed by atoms with Gasteiger partial charge in [0.15, 0.2) is 5.82 Å². The van der Waals surface area contributed by atoms with Crippen molar-refractivity contribution < 1.29 is 9.53 Å². The van der Waals surface area contributed by atoms with Gasteiger partial charge in [-0.05, 0) is 24.6 Å². The molecule has 0 atom stereocenters. The molecule has 0 aliphatic rings. The van der Waals surface area contributed by atoms with Crippen molar-refractivity contribution in [3.8, 4) is 17.1 Å². The molecule has 0 aliphatic heterocycles. The zero-order chi connectivity index (χ0) is 18.5. The van der Waals surface area contributed by atoms with Gasteiger partial charge in [0, 0.05) is 5.56 Å². The van der Waals surface area contributed by atoms with Gasteiger partial charge in [-0.1, -0.05) is 48.2 Å². The molecule has 8 heteroatoms. The number of rotatable bonds is 6. The van der Waals surface area contributed by atoms with Crippen LogP contribution in [0.15, 0.2) is 53.7 Å². The van der Waals surface area contributed by atoms with Gasteiger partial charge in [-0.2, -0.15) is 0 Å². The first-order valence-corrected chi connectivity index (χ1v) is 8.90. The van der Waals surface area contributed by atoms with E-state index < -0.39 is 0 Å². The normalized spacial score (nSPS) is 10.5. The summed E-state index contributed by atoms with van der Waals surface area (Å²) in [5.74, 6) is 7.20. The number of ether oxygens (including phenoxy) is 1. The molecule has 1 amide bonds. The van der Waals surface area contributed by atoms with Gasteiger partial charge in [0.25, 0.3) is 0 Å². The predicted molar refractivity (Wildman–Crippen MR) is 103 cm³/mol. The van der Waals surface area contributed by atoms with Gasteiger partial charge in [0.2, 0.25) is 11.1 Å². The molecule has 0 saturated heterocycles. The highest BCUT2D eigenvalue weighted by atomic mass is 32.2. The number of nitrogens with zero attached hydrogens (tertiary/aromatic N) is 3. The van der Waals surface area contributed by atoms with Crippen LogP contribution in [0.5, 0.6) is 5.75 Å². The Kier molecular flexibility index (Phi) is 5.43. The van der Waals surface area contributed by atoms with E-state index in [0.717, 1.165) is 11.1 Å². The molecule has 7 nitrogen and oxygen atoms in total. The van der Waals surface area contributed by atoms with Crippen LogP contribution in [0.4, 0.5) is 5.69 Å². The van der Waals surface area contributed by atoms with E-state index in [0.29, 0.717) is 22.4 Å². The van der Waals surface area contributed by atoms with E-state index in [1.807, 2.05) is 55.5 Å². The number of nitrogens with two attached hydrogens (primary N) is 1. The van der Waals surface area contributed by atoms with Crippen molar-refractivity contribution in [3.05, 3.63) is 54.1 Å². The van der Waals surface area contributed by atoms with E-state index in [-0.39, 0.29) is 11.7 Å². The molecule has 1 aromatic heterocycles. The van der Waals surface area contributed by atoms with Gasteiger partial charge in [-0.15, -0.1) is 10.2 Å². The number of aromatic nitrogens is 3. The zero-order valence-electron chi connectivity index (χ0n) is 14.5. The Morgan fingerprint density at radius 2 is 2.00 bits per heavy atom. The highest BCUT2D eigenvalue weighted by molar-refractivity contribution is 7.99. The smallest absolute Gasteiger partial charge is 0.234 e. The van der Waals surface area contributed by atoms with E-state index in [1.54, 1.807) is 7.11 Å². The second kappa shape index (κ2) is 7.92. The second-order valence-electron chi connectivity index (χ2n) is 5.58. The molecule has 1 heterocycles. The van der Waals surface area contributed by atoms with Crippen molar-refractivity contribution in [2.24, 2.45) is 0 Å². The van der Waals surface area contributed by atoms with Crippen LogP contribution in [0.25, 0.3) is 11.4 Å². The largest absolute Gasteiger partial charge is 0.495 e. The minimum Gasteiger partial charge on any atom is -0.495 e. The van der Waals surface area contributed by atoms with Crippen LogP contribution in [0.3, 0.4) is 0 Å². The number of hydrogen-bond acceptors (Lipinski definition) is 6. The monoisotopic (exact) mass is 369 g/mol. The second-order valence-corrected chi connectivity index (χ2v) is 6.53. The maximum atomic E-state index is 12.3. The standard InChI is InChI=1S/C18H19N5O2S/c1-12-8-9-15(25-2)14(10-12)20-16(24)11-26-18-22-21-17(23(18)19)13-6-4-3-5-7-13/h3-10H,11,19H2,1-2H3,(H,20,24). The van der Waals surface area contributed by atoms with Crippen molar-refractivity contribution in [1.82, 2.24) is 14.9 Å². The highest BCUT2D eigenvalue weighted by Gasteiger charge is 2.14. The Balaban J connectivity index is 1.66. The molecule has 134 valence electrons. The van der Waals surface area contributed by atoms with E-state index in [1.165, 1.54) is 16.4 Å². The molecule has 0 bridgehead atoms. The fourth-order valence-corrected chi connectivity index (χ4v) is 3.05. The van der Waals surface area contributed by atoms with Crippen LogP contribution in [0.2, 0.25) is 0 Å². The van der Waals surface area contributed by atoms with Crippen LogP contribution in [0.1, 0.15) is 5.56 Å². The molecule has 0 fully saturated rings. The summed E-state index contributed by atoms with van der Waals surface area (Å²) >= 11 is 1.22. The van der Waals surface area contributed by atoms with Gasteiger partial charge in [-0.3, -0.25) is 4.79 Å². The van der Waals surface area contributed by atoms with Crippen molar-refractivity contribution in [2.45, 2.75) is 12.1 Å². The third kappa shape index (κ3) is 3.97. The van der Waals surface area contributed by atoms with Crippen LogP contribution >= 0.6 is 11.8 Å². The van der Waals surface area contributed by atoms with Gasteiger partial charge in [-0.25, -0.2) is 4.68 Å². The summed E-state index contributed by atoms with van der Waals surface area (Å²) in [5, 5.41) is 11.5. The molecule has 0 saturated carbocycles. The average Bonchev–Trinajstić information content (AvgIpc) is 3.01. The summed E-state index contributed by atoms with van der Waals surface area (Å²) < 4.78 is 6.66. The lowest BCUT2D eigenvalue weighted by Crippen LogP contribution is -2.17. The average molecular weight is 369 g/mol. The summed E-state index contributed by atoms with van der Waals surface area (Å²) in [6, 6.07) is 15.1. The SMILES string of the molecule is COc1ccc(C)cc1NC(=O)CSc1nnc(-c2ccccc2)n1N. The van der Waals surface area contributed by atoms with E-state index in [4.69, 9.17) is 10.6 Å².